The molecule has 0 unspecified atom stereocenters. The summed E-state index contributed by atoms with van der Waals surface area (Å²) < 4.78 is 82.4. The molecule has 0 aliphatic heterocycles. The number of ether oxygens (including phenoxy) is 1. The van der Waals surface area contributed by atoms with Crippen LogP contribution in [0.15, 0.2) is 42.5 Å². The van der Waals surface area contributed by atoms with Gasteiger partial charge in [0, 0.05) is 10.9 Å². The lowest BCUT2D eigenvalue weighted by molar-refractivity contribution is -0.276. The van der Waals surface area contributed by atoms with E-state index in [2.05, 4.69) is 16.6 Å². The maximum Gasteiger partial charge on any atom is 0.573 e. The minimum Gasteiger partial charge on any atom is -0.399 e. The summed E-state index contributed by atoms with van der Waals surface area (Å²) in [5, 5.41) is -0.261. The number of fused-ring (bicyclic) bond motifs is 1. The Kier molecular flexibility index (Phi) is 5.23. The largest absolute Gasteiger partial charge is 0.573 e. The zero-order valence-electron chi connectivity index (χ0n) is 14.4. The number of hydrogen-bond acceptors (Lipinski definition) is 1. The summed E-state index contributed by atoms with van der Waals surface area (Å²) in [7, 11) is 0. The van der Waals surface area contributed by atoms with E-state index < -0.39 is 29.6 Å². The van der Waals surface area contributed by atoms with Crippen LogP contribution < -0.4 is 4.74 Å². The number of hydrogen-bond donors (Lipinski definition) is 0. The van der Waals surface area contributed by atoms with Crippen molar-refractivity contribution in [2.45, 2.75) is 19.7 Å². The van der Waals surface area contributed by atoms with Crippen LogP contribution in [0.25, 0.3) is 10.8 Å². The Morgan fingerprint density at radius 3 is 2.29 bits per heavy atom. The van der Waals surface area contributed by atoms with Crippen molar-refractivity contribution in [2.75, 3.05) is 0 Å². The van der Waals surface area contributed by atoms with E-state index in [1.165, 1.54) is 24.3 Å². The molecule has 3 aromatic rings. The van der Waals surface area contributed by atoms with Crippen LogP contribution in [0.4, 0.5) is 26.3 Å². The van der Waals surface area contributed by atoms with Gasteiger partial charge in [0.25, 0.3) is 0 Å². The predicted octanol–water partition coefficient (Wildman–Crippen LogP) is 6.12. The molecule has 0 amide bonds. The molecule has 0 saturated heterocycles. The molecule has 0 heterocycles. The van der Waals surface area contributed by atoms with E-state index in [4.69, 9.17) is 0 Å². The molecule has 0 N–H and O–H groups in total. The van der Waals surface area contributed by atoms with E-state index in [1.807, 2.05) is 6.92 Å². The number of alkyl halides is 3. The molecule has 3 rings (SSSR count). The highest BCUT2D eigenvalue weighted by molar-refractivity contribution is 5.86. The minimum atomic E-state index is -5.22. The Morgan fingerprint density at radius 1 is 0.893 bits per heavy atom. The lowest BCUT2D eigenvalue weighted by Crippen LogP contribution is -2.19. The fourth-order valence-corrected chi connectivity index (χ4v) is 2.62. The van der Waals surface area contributed by atoms with Crippen LogP contribution in [0.1, 0.15) is 23.6 Å². The van der Waals surface area contributed by atoms with E-state index in [0.717, 1.165) is 17.7 Å². The average Bonchev–Trinajstić information content (AvgIpc) is 2.63. The first-order valence-corrected chi connectivity index (χ1v) is 8.16. The van der Waals surface area contributed by atoms with Crippen LogP contribution in [-0.2, 0) is 6.42 Å². The van der Waals surface area contributed by atoms with Gasteiger partial charge >= 0.3 is 6.36 Å². The van der Waals surface area contributed by atoms with E-state index in [0.29, 0.717) is 12.0 Å². The summed E-state index contributed by atoms with van der Waals surface area (Å²) in [5.74, 6) is 0.347. The molecular weight excluding hydrogens is 382 g/mol. The molecule has 0 aromatic heterocycles. The SMILES string of the molecule is CCc1ccc(C#Cc2ccc3c(F)c(OC(F)(F)F)c(F)cc3c2)c(F)c1. The van der Waals surface area contributed by atoms with Crippen LogP contribution >= 0.6 is 0 Å². The first-order chi connectivity index (χ1) is 13.2. The molecule has 0 spiro atoms. The van der Waals surface area contributed by atoms with Gasteiger partial charge in [-0.25, -0.2) is 13.2 Å². The van der Waals surface area contributed by atoms with Crippen LogP contribution in [0, 0.1) is 29.3 Å². The zero-order valence-corrected chi connectivity index (χ0v) is 14.4. The van der Waals surface area contributed by atoms with Gasteiger partial charge in [-0.15, -0.1) is 13.2 Å². The van der Waals surface area contributed by atoms with Gasteiger partial charge < -0.3 is 4.74 Å². The van der Waals surface area contributed by atoms with Gasteiger partial charge in [0.1, 0.15) is 5.82 Å². The van der Waals surface area contributed by atoms with Crippen LogP contribution in [-0.4, -0.2) is 6.36 Å². The van der Waals surface area contributed by atoms with E-state index in [-0.39, 0.29) is 16.3 Å². The van der Waals surface area contributed by atoms with E-state index in [1.54, 1.807) is 6.07 Å². The van der Waals surface area contributed by atoms with Gasteiger partial charge in [0.2, 0.25) is 5.75 Å². The van der Waals surface area contributed by atoms with Gasteiger partial charge in [0.15, 0.2) is 11.6 Å². The standard InChI is InChI=1S/C21H12F6O/c1-2-12-3-6-14(17(22)10-12)7-4-13-5-8-16-15(9-13)11-18(23)20(19(16)24)28-21(25,26)27/h3,5-6,8-11H,2H2,1H3. The average molecular weight is 394 g/mol. The molecule has 0 aliphatic rings. The number of aryl methyl sites for hydroxylation is 1. The van der Waals surface area contributed by atoms with Gasteiger partial charge in [-0.3, -0.25) is 0 Å². The molecule has 144 valence electrons. The molecule has 1 nitrogen and oxygen atoms in total. The number of rotatable bonds is 2. The summed E-state index contributed by atoms with van der Waals surface area (Å²) in [6.45, 7) is 1.89. The van der Waals surface area contributed by atoms with Crippen molar-refractivity contribution < 1.29 is 31.1 Å². The van der Waals surface area contributed by atoms with Crippen LogP contribution in [0.5, 0.6) is 5.75 Å². The summed E-state index contributed by atoms with van der Waals surface area (Å²) in [6, 6.07) is 9.16. The zero-order chi connectivity index (χ0) is 20.5. The van der Waals surface area contributed by atoms with Crippen molar-refractivity contribution in [2.24, 2.45) is 0 Å². The third-order valence-corrected chi connectivity index (χ3v) is 3.99. The van der Waals surface area contributed by atoms with Gasteiger partial charge in [0.05, 0.1) is 5.56 Å². The van der Waals surface area contributed by atoms with Gasteiger partial charge in [-0.1, -0.05) is 30.9 Å². The Morgan fingerprint density at radius 2 is 1.64 bits per heavy atom. The summed E-state index contributed by atoms with van der Waals surface area (Å²) in [5.41, 5.74) is 1.29. The third kappa shape index (κ3) is 4.22. The van der Waals surface area contributed by atoms with Crippen LogP contribution in [0.3, 0.4) is 0 Å². The van der Waals surface area contributed by atoms with Crippen molar-refractivity contribution in [3.05, 3.63) is 76.6 Å². The van der Waals surface area contributed by atoms with Crippen molar-refractivity contribution in [1.82, 2.24) is 0 Å². The molecule has 0 saturated carbocycles. The molecule has 0 bridgehead atoms. The van der Waals surface area contributed by atoms with Crippen LogP contribution in [0.2, 0.25) is 0 Å². The normalized spacial score (nSPS) is 11.2. The lowest BCUT2D eigenvalue weighted by Gasteiger charge is -2.12. The summed E-state index contributed by atoms with van der Waals surface area (Å²) in [4.78, 5) is 0. The maximum atomic E-state index is 14.2. The Labute approximate surface area is 156 Å². The number of benzene rings is 3. The fourth-order valence-electron chi connectivity index (χ4n) is 2.62. The molecule has 28 heavy (non-hydrogen) atoms. The summed E-state index contributed by atoms with van der Waals surface area (Å²) >= 11 is 0. The maximum absolute atomic E-state index is 14.2. The lowest BCUT2D eigenvalue weighted by atomic mass is 10.0. The molecule has 7 heteroatoms. The quantitative estimate of drug-likeness (QED) is 0.376. The highest BCUT2D eigenvalue weighted by Gasteiger charge is 2.34. The molecule has 0 radical (unpaired) electrons. The predicted molar refractivity (Wildman–Crippen MR) is 92.3 cm³/mol. The molecule has 3 aromatic carbocycles. The van der Waals surface area contributed by atoms with Gasteiger partial charge in [-0.05, 0) is 47.7 Å². The van der Waals surface area contributed by atoms with Gasteiger partial charge in [-0.2, -0.15) is 0 Å². The topological polar surface area (TPSA) is 9.23 Å². The fraction of sp³-hybridized carbons (Fsp3) is 0.143. The number of halogens is 6. The molecular formula is C21H12F6O. The second kappa shape index (κ2) is 7.47. The van der Waals surface area contributed by atoms with Crippen molar-refractivity contribution in [1.29, 1.82) is 0 Å². The van der Waals surface area contributed by atoms with E-state index >= 15 is 0 Å². The second-order valence-corrected chi connectivity index (χ2v) is 5.90. The Hall–Kier alpha value is -3.14. The highest BCUT2D eigenvalue weighted by Crippen LogP contribution is 2.33. The Bertz CT molecular complexity index is 1110. The molecule has 0 aliphatic carbocycles. The molecule has 0 fully saturated rings. The minimum absolute atomic E-state index is 0.00173. The van der Waals surface area contributed by atoms with Crippen molar-refractivity contribution >= 4 is 10.8 Å². The van der Waals surface area contributed by atoms with Crippen molar-refractivity contribution in [3.63, 3.8) is 0 Å². The second-order valence-electron chi connectivity index (χ2n) is 5.90. The first-order valence-electron chi connectivity index (χ1n) is 8.16. The smallest absolute Gasteiger partial charge is 0.399 e. The first kappa shape index (κ1) is 19.6. The third-order valence-electron chi connectivity index (χ3n) is 3.99. The molecule has 0 atom stereocenters. The van der Waals surface area contributed by atoms with E-state index in [9.17, 15) is 26.3 Å². The Balaban J connectivity index is 1.99. The van der Waals surface area contributed by atoms with Crippen molar-refractivity contribution in [3.8, 4) is 17.6 Å². The summed E-state index contributed by atoms with van der Waals surface area (Å²) in [6.07, 6.45) is -4.55. The monoisotopic (exact) mass is 394 g/mol. The highest BCUT2D eigenvalue weighted by atomic mass is 19.4.